The summed E-state index contributed by atoms with van der Waals surface area (Å²) in [4.78, 5) is 92.2. The average molecular weight is 1150 g/mol. The van der Waals surface area contributed by atoms with Crippen molar-refractivity contribution >= 4 is 58.3 Å². The number of hydrogen-bond acceptors (Lipinski definition) is 18. The molecular weight excluding hydrogens is 1070 g/mol. The summed E-state index contributed by atoms with van der Waals surface area (Å²) >= 11 is 0. The number of para-hydroxylation sites is 1. The third-order valence-electron chi connectivity index (χ3n) is 17.4. The summed E-state index contributed by atoms with van der Waals surface area (Å²) in [6, 6.07) is 11.8. The summed E-state index contributed by atoms with van der Waals surface area (Å²) < 4.78 is 18.9. The van der Waals surface area contributed by atoms with Crippen molar-refractivity contribution in [3.05, 3.63) is 82.6 Å². The van der Waals surface area contributed by atoms with Crippen LogP contribution < -0.4 is 15.0 Å². The molecule has 6 aliphatic rings. The van der Waals surface area contributed by atoms with Gasteiger partial charge >= 0.3 is 35.8 Å². The molecule has 13 atom stereocenters. The van der Waals surface area contributed by atoms with Crippen molar-refractivity contribution in [2.24, 2.45) is 17.3 Å². The van der Waals surface area contributed by atoms with Gasteiger partial charge in [-0.1, -0.05) is 69.7 Å². The second-order valence-electron chi connectivity index (χ2n) is 22.7. The number of aromatic nitrogens is 1. The Bertz CT molecular complexity index is 2940. The lowest BCUT2D eigenvalue weighted by Crippen LogP contribution is -2.81. The summed E-state index contributed by atoms with van der Waals surface area (Å²) in [7, 11) is 5.16. The number of aromatic amines is 1. The molecular formula is C58H77N5O19. The zero-order chi connectivity index (χ0) is 60.6. The number of ether oxygens (including phenoxy) is 3. The van der Waals surface area contributed by atoms with Gasteiger partial charge in [-0.15, -0.1) is 0 Å². The van der Waals surface area contributed by atoms with Crippen LogP contribution in [0.15, 0.2) is 60.2 Å². The first kappa shape index (κ1) is 62.7. The van der Waals surface area contributed by atoms with Crippen molar-refractivity contribution in [1.82, 2.24) is 20.1 Å². The Morgan fingerprint density at radius 1 is 0.854 bits per heavy atom. The molecule has 1 aliphatic carbocycles. The molecule has 5 aliphatic heterocycles. The van der Waals surface area contributed by atoms with Gasteiger partial charge in [-0.2, -0.15) is 0 Å². The van der Waals surface area contributed by atoms with Crippen LogP contribution in [0.5, 0.6) is 5.75 Å². The highest BCUT2D eigenvalue weighted by atomic mass is 16.6. The number of carbonyl (C=O) groups is 7. The first-order valence-corrected chi connectivity index (χ1v) is 27.4. The van der Waals surface area contributed by atoms with E-state index in [4.69, 9.17) is 55.1 Å². The minimum absolute atomic E-state index is 0.0404. The SMILES string of the molecule is CCC1=C[C@@H]2CN(CCc3c([nH]c4ccccc34)[C@@](C(=O)OC)(c3cc4c(cc3OC)N(C)[C@H]3[C@@](O)(CNC(=O)CC(C)C)[C@H](OC(C)=O)[C@]5(CC)C=CCN6CC[C@]43[C@@H]65)C2)C1.O=C(O)C(O)C(O)C(=O)O.O=C(O)C(O)C(O)C(=O)O. The molecule has 24 heteroatoms. The molecule has 11 N–H and O–H groups in total. The molecule has 1 amide bonds. The van der Waals surface area contributed by atoms with E-state index in [1.165, 1.54) is 19.6 Å². The largest absolute Gasteiger partial charge is 0.496 e. The molecule has 2 aromatic carbocycles. The number of aliphatic hydroxyl groups is 5. The summed E-state index contributed by atoms with van der Waals surface area (Å²) in [5.41, 5.74) is 2.32. The lowest BCUT2D eigenvalue weighted by atomic mass is 9.47. The fourth-order valence-corrected chi connectivity index (χ4v) is 14.2. The maximum absolute atomic E-state index is 15.4. The van der Waals surface area contributed by atoms with E-state index >= 15 is 4.79 Å². The van der Waals surface area contributed by atoms with Gasteiger partial charge in [-0.05, 0) is 73.7 Å². The number of carbonyl (C=O) groups excluding carboxylic acids is 3. The van der Waals surface area contributed by atoms with Crippen molar-refractivity contribution in [3.63, 3.8) is 0 Å². The molecule has 0 radical (unpaired) electrons. The van der Waals surface area contributed by atoms with Crippen LogP contribution in [0.25, 0.3) is 10.9 Å². The summed E-state index contributed by atoms with van der Waals surface area (Å²) in [5, 5.41) is 83.1. The van der Waals surface area contributed by atoms with Crippen LogP contribution in [0.1, 0.15) is 89.1 Å². The van der Waals surface area contributed by atoms with E-state index in [2.05, 4.69) is 87.4 Å². The number of nitrogens with zero attached hydrogens (tertiary/aromatic N) is 3. The van der Waals surface area contributed by atoms with Crippen LogP contribution in [0, 0.1) is 17.3 Å². The van der Waals surface area contributed by atoms with Gasteiger partial charge < -0.3 is 75.4 Å². The highest BCUT2D eigenvalue weighted by Gasteiger charge is 2.78. The number of methoxy groups -OCH3 is 2. The smallest absolute Gasteiger partial charge is 0.335 e. The predicted molar refractivity (Wildman–Crippen MR) is 294 cm³/mol. The minimum atomic E-state index is -2.27. The second-order valence-corrected chi connectivity index (χ2v) is 22.7. The lowest BCUT2D eigenvalue weighted by molar-refractivity contribution is -0.217. The zero-order valence-electron chi connectivity index (χ0n) is 47.3. The van der Waals surface area contributed by atoms with Crippen LogP contribution in [-0.4, -0.2) is 211 Å². The highest BCUT2D eigenvalue weighted by molar-refractivity contribution is 5.94. The van der Waals surface area contributed by atoms with E-state index in [0.29, 0.717) is 38.0 Å². The number of benzene rings is 2. The number of esters is 2. The Balaban J connectivity index is 0.000000412. The number of carboxylic acids is 4. The van der Waals surface area contributed by atoms with E-state index in [1.807, 2.05) is 27.0 Å². The summed E-state index contributed by atoms with van der Waals surface area (Å²) in [6.45, 7) is 13.7. The molecule has 2 fully saturated rings. The first-order chi connectivity index (χ1) is 38.6. The van der Waals surface area contributed by atoms with Crippen molar-refractivity contribution in [2.75, 3.05) is 65.4 Å². The zero-order valence-corrected chi connectivity index (χ0v) is 47.3. The number of amides is 1. The number of hydrogen-bond donors (Lipinski definition) is 11. The molecule has 448 valence electrons. The van der Waals surface area contributed by atoms with Crippen LogP contribution in [0.2, 0.25) is 0 Å². The normalized spacial score (nSPS) is 29.1. The Kier molecular flexibility index (Phi) is 18.7. The number of H-pyrrole nitrogens is 1. The number of rotatable bonds is 16. The molecule has 9 rings (SSSR count). The predicted octanol–water partition coefficient (Wildman–Crippen LogP) is 1.54. The second kappa shape index (κ2) is 24.5. The van der Waals surface area contributed by atoms with Crippen LogP contribution in [0.4, 0.5) is 5.69 Å². The molecule has 6 heterocycles. The average Bonchev–Trinajstić information content (AvgIpc) is 1.50. The highest BCUT2D eigenvalue weighted by Crippen LogP contribution is 2.68. The minimum Gasteiger partial charge on any atom is -0.496 e. The molecule has 1 spiro atoms. The summed E-state index contributed by atoms with van der Waals surface area (Å²) in [5.74, 6) is -7.36. The standard InChI is InChI=1S/C50H65N5O7.2C4H6O6/c1-9-32-23-33-26-49(46(58)61-8,42-35(16-20-54(27-32)28-33)34-14-11-12-15-38(34)52-42)37-24-36-39(25-40(37)60-7)53(6)44-48(36)18-21-55-19-13-17-47(10-2,43(48)55)45(62-31(5)56)50(44,59)29-51-41(57)22-30(3)4;2*5-1(3(7)8)2(6)4(9)10/h11-15,17,23-25,30,33,43-45,52,59H,9-10,16,18-22,26-29H2,1-8H3,(H,51,57);2*1-2,5-6H,(H,7,8)(H,9,10)/t33-,43-,44+,45+,47+,48+,49-,50-;;/m0../s1. The van der Waals surface area contributed by atoms with E-state index < -0.39 is 88.3 Å². The molecule has 82 heavy (non-hydrogen) atoms. The Morgan fingerprint density at radius 2 is 1.48 bits per heavy atom. The molecule has 5 unspecified atom stereocenters. The van der Waals surface area contributed by atoms with Crippen molar-refractivity contribution in [1.29, 1.82) is 0 Å². The van der Waals surface area contributed by atoms with Crippen molar-refractivity contribution in [3.8, 4) is 5.75 Å². The van der Waals surface area contributed by atoms with Crippen molar-refractivity contribution < 1.29 is 93.7 Å². The first-order valence-electron chi connectivity index (χ1n) is 27.4. The lowest BCUT2D eigenvalue weighted by Gasteiger charge is -2.64. The molecule has 2 bridgehead atoms. The molecule has 1 saturated heterocycles. The van der Waals surface area contributed by atoms with E-state index in [1.54, 1.807) is 7.11 Å². The van der Waals surface area contributed by atoms with E-state index in [9.17, 15) is 33.9 Å². The number of likely N-dealkylation sites (N-methyl/N-ethyl adjacent to an activating group) is 1. The van der Waals surface area contributed by atoms with E-state index in [-0.39, 0.29) is 36.3 Å². The number of fused-ring (bicyclic) bond motifs is 6. The quantitative estimate of drug-likeness (QED) is 0.0716. The molecule has 3 aromatic rings. The van der Waals surface area contributed by atoms with Gasteiger partial charge in [0.25, 0.3) is 0 Å². The van der Waals surface area contributed by atoms with Crippen LogP contribution >= 0.6 is 0 Å². The van der Waals surface area contributed by atoms with Gasteiger partial charge in [0, 0.05) is 97.4 Å². The Labute approximate surface area is 473 Å². The van der Waals surface area contributed by atoms with Crippen molar-refractivity contribution in [2.45, 2.75) is 132 Å². The molecule has 1 saturated carbocycles. The number of carboxylic acid groups (broad SMARTS) is 4. The fraction of sp³-hybridized carbons (Fsp3) is 0.569. The summed E-state index contributed by atoms with van der Waals surface area (Å²) in [6.07, 6.45) is 0.415. The maximum atomic E-state index is 15.4. The van der Waals surface area contributed by atoms with Crippen LogP contribution in [0.3, 0.4) is 0 Å². The number of aliphatic hydroxyl groups excluding tert-OH is 4. The van der Waals surface area contributed by atoms with Gasteiger partial charge in [0.05, 0.1) is 26.8 Å². The maximum Gasteiger partial charge on any atom is 0.335 e. The fourth-order valence-electron chi connectivity index (χ4n) is 14.2. The van der Waals surface area contributed by atoms with Gasteiger partial charge in [0.2, 0.25) is 5.91 Å². The number of aliphatic carboxylic acids is 4. The van der Waals surface area contributed by atoms with Crippen LogP contribution in [-0.2, 0) is 60.3 Å². The third-order valence-corrected chi connectivity index (χ3v) is 17.4. The Morgan fingerprint density at radius 3 is 2.02 bits per heavy atom. The van der Waals surface area contributed by atoms with Gasteiger partial charge in [0.1, 0.15) is 22.9 Å². The van der Waals surface area contributed by atoms with Gasteiger partial charge in [-0.25, -0.2) is 19.2 Å². The van der Waals surface area contributed by atoms with Gasteiger partial charge in [0.15, 0.2) is 24.4 Å². The molecule has 24 nitrogen and oxygen atoms in total. The van der Waals surface area contributed by atoms with E-state index in [0.717, 1.165) is 78.0 Å². The number of nitrogens with one attached hydrogen (secondary N) is 2. The monoisotopic (exact) mass is 1150 g/mol. The third kappa shape index (κ3) is 11.0. The molecule has 1 aromatic heterocycles. The topological polar surface area (TPSA) is 367 Å². The van der Waals surface area contributed by atoms with Gasteiger partial charge in [-0.3, -0.25) is 24.2 Å². The number of anilines is 1. The Hall–Kier alpha value is -6.93.